The van der Waals surface area contributed by atoms with Crippen LogP contribution >= 0.6 is 11.3 Å². The molecular weight excluding hydrogens is 354 g/mol. The zero-order chi connectivity index (χ0) is 19.0. The number of anilines is 1. The van der Waals surface area contributed by atoms with Gasteiger partial charge in [0.2, 0.25) is 0 Å². The minimum Gasteiger partial charge on any atom is -0.298 e. The van der Waals surface area contributed by atoms with Gasteiger partial charge in [-0.25, -0.2) is 4.98 Å². The number of carbonyl (C=O) groups is 1. The molecule has 27 heavy (non-hydrogen) atoms. The molecule has 4 rings (SSSR count). The molecule has 0 spiro atoms. The van der Waals surface area contributed by atoms with Crippen molar-refractivity contribution in [2.75, 3.05) is 18.4 Å². The molecule has 1 aliphatic heterocycles. The van der Waals surface area contributed by atoms with E-state index < -0.39 is 0 Å². The molecule has 0 saturated carbocycles. The molecule has 4 nitrogen and oxygen atoms in total. The number of thiazole rings is 1. The number of para-hydroxylation sites is 1. The smallest absolute Gasteiger partial charge is 0.257 e. The lowest BCUT2D eigenvalue weighted by atomic mass is 9.88. The minimum atomic E-state index is -0.0656. The lowest BCUT2D eigenvalue weighted by Crippen LogP contribution is -2.37. The highest BCUT2D eigenvalue weighted by Crippen LogP contribution is 2.33. The Morgan fingerprint density at radius 1 is 1.26 bits per heavy atom. The fraction of sp³-hybridized carbons (Fsp3) is 0.364. The highest BCUT2D eigenvalue weighted by atomic mass is 32.1. The summed E-state index contributed by atoms with van der Waals surface area (Å²) in [4.78, 5) is 20.1. The first-order valence-corrected chi connectivity index (χ1v) is 10.4. The maximum atomic E-state index is 13.1. The van der Waals surface area contributed by atoms with E-state index in [1.165, 1.54) is 22.5 Å². The fourth-order valence-electron chi connectivity index (χ4n) is 3.97. The first kappa shape index (κ1) is 18.1. The lowest BCUT2D eigenvalue weighted by molar-refractivity contribution is 0.102. The van der Waals surface area contributed by atoms with Crippen molar-refractivity contribution < 1.29 is 4.79 Å². The van der Waals surface area contributed by atoms with Gasteiger partial charge < -0.3 is 0 Å². The average Bonchev–Trinajstić information content (AvgIpc) is 3.05. The molecule has 1 amide bonds. The number of nitrogens with zero attached hydrogens (tertiary/aromatic N) is 2. The van der Waals surface area contributed by atoms with Crippen LogP contribution in [0.4, 0.5) is 5.13 Å². The number of rotatable bonds is 4. The van der Waals surface area contributed by atoms with Crippen molar-refractivity contribution in [2.45, 2.75) is 33.2 Å². The molecule has 0 fully saturated rings. The quantitative estimate of drug-likeness (QED) is 0.684. The van der Waals surface area contributed by atoms with Crippen molar-refractivity contribution in [1.82, 2.24) is 9.88 Å². The van der Waals surface area contributed by atoms with Crippen LogP contribution in [0, 0.1) is 5.92 Å². The van der Waals surface area contributed by atoms with Crippen LogP contribution in [0.5, 0.6) is 0 Å². The lowest BCUT2D eigenvalue weighted by Gasteiger charge is -2.37. The molecule has 0 radical (unpaired) electrons. The molecule has 140 valence electrons. The maximum Gasteiger partial charge on any atom is 0.257 e. The van der Waals surface area contributed by atoms with E-state index in [9.17, 15) is 4.79 Å². The SMILES string of the molecule is CC(C)CN1CCc2cccc(C(=O)Nc3nc4ccccc4s3)c2C1C. The predicted molar refractivity (Wildman–Crippen MR) is 113 cm³/mol. The number of carbonyl (C=O) groups excluding carboxylic acids is 1. The van der Waals surface area contributed by atoms with Crippen molar-refractivity contribution in [1.29, 1.82) is 0 Å². The van der Waals surface area contributed by atoms with E-state index >= 15 is 0 Å². The normalized spacial score (nSPS) is 17.3. The summed E-state index contributed by atoms with van der Waals surface area (Å²) in [5.41, 5.74) is 4.15. The van der Waals surface area contributed by atoms with Crippen LogP contribution in [-0.4, -0.2) is 28.9 Å². The molecule has 1 N–H and O–H groups in total. The Hall–Kier alpha value is -2.24. The van der Waals surface area contributed by atoms with E-state index in [1.807, 2.05) is 36.4 Å². The van der Waals surface area contributed by atoms with Gasteiger partial charge in [0, 0.05) is 24.7 Å². The maximum absolute atomic E-state index is 13.1. The van der Waals surface area contributed by atoms with Crippen molar-refractivity contribution in [3.8, 4) is 0 Å². The molecule has 2 aromatic carbocycles. The summed E-state index contributed by atoms with van der Waals surface area (Å²) in [6, 6.07) is 14.3. The van der Waals surface area contributed by atoms with Crippen molar-refractivity contribution in [3.05, 3.63) is 59.2 Å². The van der Waals surface area contributed by atoms with Crippen molar-refractivity contribution in [2.24, 2.45) is 5.92 Å². The van der Waals surface area contributed by atoms with E-state index in [-0.39, 0.29) is 11.9 Å². The largest absolute Gasteiger partial charge is 0.298 e. The number of benzene rings is 2. The molecule has 5 heteroatoms. The van der Waals surface area contributed by atoms with Crippen LogP contribution in [0.1, 0.15) is 48.3 Å². The Morgan fingerprint density at radius 2 is 2.07 bits per heavy atom. The molecule has 0 saturated heterocycles. The number of hydrogen-bond donors (Lipinski definition) is 1. The Bertz CT molecular complexity index is 946. The van der Waals surface area contributed by atoms with Crippen LogP contribution in [0.25, 0.3) is 10.2 Å². The van der Waals surface area contributed by atoms with Gasteiger partial charge in [-0.1, -0.05) is 49.4 Å². The minimum absolute atomic E-state index is 0.0656. The number of aromatic nitrogens is 1. The van der Waals surface area contributed by atoms with E-state index in [4.69, 9.17) is 0 Å². The number of fused-ring (bicyclic) bond motifs is 2. The zero-order valence-corrected chi connectivity index (χ0v) is 16.8. The van der Waals surface area contributed by atoms with E-state index in [1.54, 1.807) is 0 Å². The van der Waals surface area contributed by atoms with Gasteiger partial charge in [0.15, 0.2) is 5.13 Å². The summed E-state index contributed by atoms with van der Waals surface area (Å²) >= 11 is 1.51. The van der Waals surface area contributed by atoms with Crippen LogP contribution in [-0.2, 0) is 6.42 Å². The standard InChI is InChI=1S/C22H25N3OS/c1-14(2)13-25-12-11-16-7-6-8-17(20(16)15(25)3)21(26)24-22-23-18-9-4-5-10-19(18)27-22/h4-10,14-15H,11-13H2,1-3H3,(H,23,24,26). The second-order valence-electron chi connectivity index (χ2n) is 7.63. The van der Waals surface area contributed by atoms with Crippen LogP contribution in [0.2, 0.25) is 0 Å². The summed E-state index contributed by atoms with van der Waals surface area (Å²) in [6.07, 6.45) is 0.995. The summed E-state index contributed by atoms with van der Waals surface area (Å²) in [6.45, 7) is 8.81. The molecule has 1 aliphatic rings. The number of hydrogen-bond acceptors (Lipinski definition) is 4. The van der Waals surface area contributed by atoms with Crippen LogP contribution < -0.4 is 5.32 Å². The third kappa shape index (κ3) is 3.62. The highest BCUT2D eigenvalue weighted by molar-refractivity contribution is 7.22. The summed E-state index contributed by atoms with van der Waals surface area (Å²) < 4.78 is 1.08. The van der Waals surface area contributed by atoms with Gasteiger partial charge in [0.05, 0.1) is 10.2 Å². The molecule has 0 aliphatic carbocycles. The van der Waals surface area contributed by atoms with E-state index in [0.29, 0.717) is 11.0 Å². The highest BCUT2D eigenvalue weighted by Gasteiger charge is 2.28. The molecule has 3 aromatic rings. The van der Waals surface area contributed by atoms with Gasteiger partial charge in [-0.15, -0.1) is 0 Å². The Labute approximate surface area is 164 Å². The van der Waals surface area contributed by atoms with Gasteiger partial charge in [0.1, 0.15) is 0 Å². The molecular formula is C22H25N3OS. The summed E-state index contributed by atoms with van der Waals surface area (Å²) in [7, 11) is 0. The third-order valence-corrected chi connectivity index (χ3v) is 6.14. The van der Waals surface area contributed by atoms with Gasteiger partial charge in [-0.05, 0) is 48.6 Å². The van der Waals surface area contributed by atoms with Crippen molar-refractivity contribution in [3.63, 3.8) is 0 Å². The van der Waals surface area contributed by atoms with Gasteiger partial charge in [-0.2, -0.15) is 0 Å². The molecule has 1 unspecified atom stereocenters. The van der Waals surface area contributed by atoms with Gasteiger partial charge in [-0.3, -0.25) is 15.0 Å². The fourth-order valence-corrected chi connectivity index (χ4v) is 4.83. The Balaban J connectivity index is 1.63. The van der Waals surface area contributed by atoms with Gasteiger partial charge >= 0.3 is 0 Å². The van der Waals surface area contributed by atoms with Crippen LogP contribution in [0.3, 0.4) is 0 Å². The first-order valence-electron chi connectivity index (χ1n) is 9.55. The van der Waals surface area contributed by atoms with Gasteiger partial charge in [0.25, 0.3) is 5.91 Å². The second kappa shape index (κ2) is 7.41. The molecule has 1 atom stereocenters. The van der Waals surface area contributed by atoms with Crippen LogP contribution in [0.15, 0.2) is 42.5 Å². The summed E-state index contributed by atoms with van der Waals surface area (Å²) in [5, 5.41) is 3.68. The first-order chi connectivity index (χ1) is 13.0. The Morgan fingerprint density at radius 3 is 2.85 bits per heavy atom. The Kier molecular flexibility index (Phi) is 4.98. The zero-order valence-electron chi connectivity index (χ0n) is 16.0. The number of nitrogens with one attached hydrogen (secondary N) is 1. The number of amides is 1. The average molecular weight is 380 g/mol. The third-order valence-electron chi connectivity index (χ3n) is 5.19. The predicted octanol–water partition coefficient (Wildman–Crippen LogP) is 5.12. The topological polar surface area (TPSA) is 45.2 Å². The summed E-state index contributed by atoms with van der Waals surface area (Å²) in [5.74, 6) is 0.543. The molecule has 0 bridgehead atoms. The molecule has 1 aromatic heterocycles. The monoisotopic (exact) mass is 379 g/mol. The van der Waals surface area contributed by atoms with E-state index in [0.717, 1.165) is 35.3 Å². The van der Waals surface area contributed by atoms with E-state index in [2.05, 4.69) is 42.0 Å². The van der Waals surface area contributed by atoms with Crippen molar-refractivity contribution >= 4 is 32.6 Å². The second-order valence-corrected chi connectivity index (χ2v) is 8.66. The molecule has 2 heterocycles.